The molecule has 3 atom stereocenters. The van der Waals surface area contributed by atoms with Crippen LogP contribution in [0.25, 0.3) is 5.69 Å². The third-order valence-corrected chi connectivity index (χ3v) is 4.96. The number of aromatic nitrogens is 2. The normalized spacial score (nSPS) is 20.0. The van der Waals surface area contributed by atoms with Gasteiger partial charge < -0.3 is 9.88 Å². The van der Waals surface area contributed by atoms with E-state index in [1.807, 2.05) is 53.2 Å². The number of imidazole rings is 1. The second-order valence-electron chi connectivity index (χ2n) is 6.76. The quantitative estimate of drug-likeness (QED) is 0.768. The average molecular weight is 331 g/mol. The van der Waals surface area contributed by atoms with Crippen LogP contribution in [-0.2, 0) is 0 Å². The zero-order valence-electron chi connectivity index (χ0n) is 14.2. The van der Waals surface area contributed by atoms with E-state index in [0.29, 0.717) is 17.4 Å². The van der Waals surface area contributed by atoms with Crippen LogP contribution in [0.3, 0.4) is 0 Å². The van der Waals surface area contributed by atoms with E-state index >= 15 is 0 Å². The van der Waals surface area contributed by atoms with E-state index in [1.165, 1.54) is 5.56 Å². The molecule has 0 saturated heterocycles. The van der Waals surface area contributed by atoms with E-state index < -0.39 is 0 Å². The van der Waals surface area contributed by atoms with Gasteiger partial charge in [-0.15, -0.1) is 0 Å². The van der Waals surface area contributed by atoms with Crippen molar-refractivity contribution in [2.24, 2.45) is 11.8 Å². The lowest BCUT2D eigenvalue weighted by Gasteiger charge is -2.19. The van der Waals surface area contributed by atoms with Gasteiger partial charge >= 0.3 is 0 Å². The largest absolute Gasteiger partial charge is 0.345 e. The van der Waals surface area contributed by atoms with Crippen molar-refractivity contribution < 1.29 is 4.79 Å². The Labute approximate surface area is 147 Å². The van der Waals surface area contributed by atoms with Crippen molar-refractivity contribution >= 4 is 5.91 Å². The summed E-state index contributed by atoms with van der Waals surface area (Å²) in [6.45, 7) is 2.24. The van der Waals surface area contributed by atoms with Gasteiger partial charge in [0, 0.05) is 23.6 Å². The third kappa shape index (κ3) is 3.33. The van der Waals surface area contributed by atoms with E-state index in [0.717, 1.165) is 12.1 Å². The number of amides is 1. The highest BCUT2D eigenvalue weighted by Gasteiger charge is 2.40. The lowest BCUT2D eigenvalue weighted by Crippen LogP contribution is -2.30. The van der Waals surface area contributed by atoms with Gasteiger partial charge in [-0.1, -0.05) is 43.3 Å². The average Bonchev–Trinajstić information content (AvgIpc) is 3.13. The van der Waals surface area contributed by atoms with Crippen LogP contribution in [0.4, 0.5) is 0 Å². The Morgan fingerprint density at radius 3 is 2.68 bits per heavy atom. The second-order valence-corrected chi connectivity index (χ2v) is 6.76. The standard InChI is InChI=1S/C21H21N3O/c1-15-12-19(15)20(16-6-3-2-4-7-16)23-21(25)17-8-5-9-18(13-17)24-11-10-22-14-24/h2-11,13-15,19-20H,12H2,1H3,(H,23,25). The van der Waals surface area contributed by atoms with Crippen molar-refractivity contribution in [2.75, 3.05) is 0 Å². The first-order valence-electron chi connectivity index (χ1n) is 8.66. The maximum Gasteiger partial charge on any atom is 0.251 e. The number of benzene rings is 2. The molecule has 0 spiro atoms. The van der Waals surface area contributed by atoms with Gasteiger partial charge in [-0.05, 0) is 42.0 Å². The highest BCUT2D eigenvalue weighted by atomic mass is 16.1. The van der Waals surface area contributed by atoms with Crippen molar-refractivity contribution in [3.63, 3.8) is 0 Å². The maximum atomic E-state index is 12.9. The Morgan fingerprint density at radius 1 is 1.20 bits per heavy atom. The molecule has 4 nitrogen and oxygen atoms in total. The molecular weight excluding hydrogens is 310 g/mol. The SMILES string of the molecule is CC1CC1C(NC(=O)c1cccc(-n2ccnc2)c1)c1ccccc1. The number of carbonyl (C=O) groups is 1. The van der Waals surface area contributed by atoms with Crippen molar-refractivity contribution in [3.05, 3.63) is 84.4 Å². The number of rotatable bonds is 5. The topological polar surface area (TPSA) is 46.9 Å². The fourth-order valence-electron chi connectivity index (χ4n) is 3.36. The smallest absolute Gasteiger partial charge is 0.251 e. The molecule has 25 heavy (non-hydrogen) atoms. The van der Waals surface area contributed by atoms with E-state index in [2.05, 4.69) is 29.4 Å². The summed E-state index contributed by atoms with van der Waals surface area (Å²) in [5, 5.41) is 3.25. The molecule has 1 aliphatic rings. The lowest BCUT2D eigenvalue weighted by atomic mass is 10.0. The molecule has 1 N–H and O–H groups in total. The van der Waals surface area contributed by atoms with Crippen LogP contribution in [0.1, 0.15) is 35.3 Å². The summed E-state index contributed by atoms with van der Waals surface area (Å²) >= 11 is 0. The number of hydrogen-bond acceptors (Lipinski definition) is 2. The predicted molar refractivity (Wildman–Crippen MR) is 97.5 cm³/mol. The second kappa shape index (κ2) is 6.55. The first kappa shape index (κ1) is 15.6. The monoisotopic (exact) mass is 331 g/mol. The molecule has 1 saturated carbocycles. The van der Waals surface area contributed by atoms with Gasteiger partial charge in [-0.2, -0.15) is 0 Å². The number of nitrogens with one attached hydrogen (secondary N) is 1. The Balaban J connectivity index is 1.57. The zero-order valence-corrected chi connectivity index (χ0v) is 14.2. The van der Waals surface area contributed by atoms with Crippen LogP contribution in [0, 0.1) is 11.8 Å². The molecule has 3 unspecified atom stereocenters. The third-order valence-electron chi connectivity index (χ3n) is 4.96. The summed E-state index contributed by atoms with van der Waals surface area (Å²) in [7, 11) is 0. The minimum Gasteiger partial charge on any atom is -0.345 e. The van der Waals surface area contributed by atoms with Gasteiger partial charge in [-0.25, -0.2) is 4.98 Å². The molecule has 1 aliphatic carbocycles. The molecule has 0 radical (unpaired) electrons. The highest BCUT2D eigenvalue weighted by Crippen LogP contribution is 2.47. The summed E-state index contributed by atoms with van der Waals surface area (Å²) in [5.41, 5.74) is 2.78. The fourth-order valence-corrected chi connectivity index (χ4v) is 3.36. The fraction of sp³-hybridized carbons (Fsp3) is 0.238. The molecule has 126 valence electrons. The Hall–Kier alpha value is -2.88. The van der Waals surface area contributed by atoms with Crippen molar-refractivity contribution in [1.29, 1.82) is 0 Å². The van der Waals surface area contributed by atoms with Gasteiger partial charge in [0.05, 0.1) is 12.4 Å². The molecular formula is C21H21N3O. The molecule has 0 aliphatic heterocycles. The van der Waals surface area contributed by atoms with Crippen LogP contribution >= 0.6 is 0 Å². The Morgan fingerprint density at radius 2 is 2.00 bits per heavy atom. The van der Waals surface area contributed by atoms with Crippen LogP contribution < -0.4 is 5.32 Å². The summed E-state index contributed by atoms with van der Waals surface area (Å²) in [6.07, 6.45) is 6.49. The van der Waals surface area contributed by atoms with Gasteiger partial charge in [-0.3, -0.25) is 4.79 Å². The molecule has 1 amide bonds. The van der Waals surface area contributed by atoms with Crippen LogP contribution in [0.5, 0.6) is 0 Å². The maximum absolute atomic E-state index is 12.9. The molecule has 4 rings (SSSR count). The van der Waals surface area contributed by atoms with Gasteiger partial charge in [0.25, 0.3) is 5.91 Å². The Kier molecular flexibility index (Phi) is 4.10. The zero-order chi connectivity index (χ0) is 17.2. The summed E-state index contributed by atoms with van der Waals surface area (Å²) in [6, 6.07) is 18.0. The number of nitrogens with zero attached hydrogens (tertiary/aromatic N) is 2. The van der Waals surface area contributed by atoms with Crippen molar-refractivity contribution in [3.8, 4) is 5.69 Å². The van der Waals surface area contributed by atoms with E-state index in [4.69, 9.17) is 0 Å². The van der Waals surface area contributed by atoms with Crippen molar-refractivity contribution in [2.45, 2.75) is 19.4 Å². The summed E-state index contributed by atoms with van der Waals surface area (Å²) in [4.78, 5) is 16.9. The predicted octanol–water partition coefficient (Wildman–Crippen LogP) is 4.00. The molecule has 1 aromatic heterocycles. The summed E-state index contributed by atoms with van der Waals surface area (Å²) in [5.74, 6) is 1.14. The number of hydrogen-bond donors (Lipinski definition) is 1. The first-order valence-corrected chi connectivity index (χ1v) is 8.66. The van der Waals surface area contributed by atoms with Gasteiger partial charge in [0.2, 0.25) is 0 Å². The first-order chi connectivity index (χ1) is 12.2. The van der Waals surface area contributed by atoms with Gasteiger partial charge in [0.15, 0.2) is 0 Å². The highest BCUT2D eigenvalue weighted by molar-refractivity contribution is 5.95. The molecule has 3 aromatic rings. The summed E-state index contributed by atoms with van der Waals surface area (Å²) < 4.78 is 1.90. The molecule has 0 bridgehead atoms. The Bertz CT molecular complexity index is 858. The van der Waals surface area contributed by atoms with E-state index in [9.17, 15) is 4.79 Å². The van der Waals surface area contributed by atoms with Gasteiger partial charge in [0.1, 0.15) is 0 Å². The van der Waals surface area contributed by atoms with Crippen molar-refractivity contribution in [1.82, 2.24) is 14.9 Å². The minimum atomic E-state index is -0.0325. The van der Waals surface area contributed by atoms with E-state index in [1.54, 1.807) is 12.5 Å². The number of carbonyl (C=O) groups excluding carboxylic acids is 1. The van der Waals surface area contributed by atoms with E-state index in [-0.39, 0.29) is 11.9 Å². The van der Waals surface area contributed by atoms with Crippen LogP contribution in [-0.4, -0.2) is 15.5 Å². The van der Waals surface area contributed by atoms with Crippen LogP contribution in [0.15, 0.2) is 73.3 Å². The lowest BCUT2D eigenvalue weighted by molar-refractivity contribution is 0.0930. The molecule has 2 aromatic carbocycles. The molecule has 1 heterocycles. The minimum absolute atomic E-state index is 0.0325. The molecule has 4 heteroatoms. The molecule has 1 fully saturated rings. The van der Waals surface area contributed by atoms with Crippen LogP contribution in [0.2, 0.25) is 0 Å².